The molecule has 5 heteroatoms. The highest BCUT2D eigenvalue weighted by atomic mass is 15.2. The molecule has 220 valence electrons. The van der Waals surface area contributed by atoms with Gasteiger partial charge < -0.3 is 20.9 Å². The Labute approximate surface area is 245 Å². The van der Waals surface area contributed by atoms with Crippen molar-refractivity contribution in [3.05, 3.63) is 101 Å². The average Bonchev–Trinajstić information content (AvgIpc) is 3.01. The SMILES string of the molecule is C=CC(=C\CC)/C(=C\C(=C/C)C(\C=N)=C\C)/C=C(\C)NC(=C)c1ccnc(N2CCC(NC)CC2)c1.CC.CC. The molecule has 0 saturated carbocycles. The molecule has 0 amide bonds. The van der Waals surface area contributed by atoms with Crippen LogP contribution >= 0.6 is 0 Å². The van der Waals surface area contributed by atoms with Gasteiger partial charge in [-0.25, -0.2) is 4.98 Å². The Kier molecular flexibility index (Phi) is 19.6. The summed E-state index contributed by atoms with van der Waals surface area (Å²) >= 11 is 0. The molecule has 0 radical (unpaired) electrons. The maximum absolute atomic E-state index is 7.76. The van der Waals surface area contributed by atoms with E-state index in [1.54, 1.807) is 0 Å². The van der Waals surface area contributed by atoms with E-state index >= 15 is 0 Å². The van der Waals surface area contributed by atoms with Crippen LogP contribution in [0, 0.1) is 5.41 Å². The number of anilines is 1. The number of piperidine rings is 1. The van der Waals surface area contributed by atoms with Crippen LogP contribution in [0.5, 0.6) is 0 Å². The number of aromatic nitrogens is 1. The molecule has 3 N–H and O–H groups in total. The topological polar surface area (TPSA) is 64.0 Å². The number of hydrogen-bond acceptors (Lipinski definition) is 5. The summed E-state index contributed by atoms with van der Waals surface area (Å²) in [5, 5.41) is 14.6. The van der Waals surface area contributed by atoms with E-state index in [9.17, 15) is 0 Å². The first kappa shape index (κ1) is 36.6. The van der Waals surface area contributed by atoms with Crippen LogP contribution in [0.25, 0.3) is 5.70 Å². The minimum Gasteiger partial charge on any atom is -0.359 e. The molecule has 1 aromatic rings. The molecular formula is C35H55N5. The van der Waals surface area contributed by atoms with Crippen molar-refractivity contribution in [2.75, 3.05) is 25.0 Å². The molecule has 1 aromatic heterocycles. The highest BCUT2D eigenvalue weighted by molar-refractivity contribution is 5.84. The van der Waals surface area contributed by atoms with Gasteiger partial charge in [-0.05, 0) is 93.7 Å². The first-order valence-corrected chi connectivity index (χ1v) is 14.8. The van der Waals surface area contributed by atoms with Gasteiger partial charge >= 0.3 is 0 Å². The van der Waals surface area contributed by atoms with Gasteiger partial charge in [0.1, 0.15) is 5.82 Å². The zero-order valence-corrected chi connectivity index (χ0v) is 26.7. The smallest absolute Gasteiger partial charge is 0.129 e. The lowest BCUT2D eigenvalue weighted by atomic mass is 9.97. The lowest BCUT2D eigenvalue weighted by Gasteiger charge is -2.32. The maximum atomic E-state index is 7.76. The van der Waals surface area contributed by atoms with E-state index in [0.717, 1.165) is 77.4 Å². The van der Waals surface area contributed by atoms with Crippen molar-refractivity contribution in [3.8, 4) is 0 Å². The third kappa shape index (κ3) is 11.7. The maximum Gasteiger partial charge on any atom is 0.129 e. The molecule has 0 atom stereocenters. The van der Waals surface area contributed by atoms with Crippen LogP contribution < -0.4 is 15.5 Å². The van der Waals surface area contributed by atoms with Gasteiger partial charge in [0, 0.05) is 48.5 Å². The number of nitrogens with one attached hydrogen (secondary N) is 3. The summed E-state index contributed by atoms with van der Waals surface area (Å²) in [6, 6.07) is 4.70. The average molecular weight is 546 g/mol. The summed E-state index contributed by atoms with van der Waals surface area (Å²) in [4.78, 5) is 6.97. The molecule has 0 aliphatic carbocycles. The Morgan fingerprint density at radius 3 is 2.17 bits per heavy atom. The van der Waals surface area contributed by atoms with Gasteiger partial charge in [0.15, 0.2) is 0 Å². The minimum absolute atomic E-state index is 0.587. The zero-order valence-electron chi connectivity index (χ0n) is 26.7. The van der Waals surface area contributed by atoms with Crippen LogP contribution in [-0.4, -0.2) is 37.4 Å². The van der Waals surface area contributed by atoms with Crippen molar-refractivity contribution < 1.29 is 0 Å². The first-order chi connectivity index (χ1) is 19.4. The fourth-order valence-electron chi connectivity index (χ4n) is 4.34. The van der Waals surface area contributed by atoms with Crippen LogP contribution in [-0.2, 0) is 0 Å². The molecule has 5 nitrogen and oxygen atoms in total. The van der Waals surface area contributed by atoms with E-state index in [0.29, 0.717) is 6.04 Å². The summed E-state index contributed by atoms with van der Waals surface area (Å²) in [5.41, 5.74) is 6.78. The van der Waals surface area contributed by atoms with Crippen molar-refractivity contribution in [1.29, 1.82) is 5.41 Å². The Bertz CT molecular complexity index is 1080. The molecule has 0 aromatic carbocycles. The van der Waals surface area contributed by atoms with Crippen LogP contribution in [0.15, 0.2) is 95.9 Å². The van der Waals surface area contributed by atoms with Crippen molar-refractivity contribution in [3.63, 3.8) is 0 Å². The Balaban J connectivity index is 0.00000363. The third-order valence-corrected chi connectivity index (χ3v) is 6.44. The van der Waals surface area contributed by atoms with Gasteiger partial charge in [-0.1, -0.05) is 72.1 Å². The normalized spacial score (nSPS) is 15.3. The van der Waals surface area contributed by atoms with Crippen molar-refractivity contribution in [1.82, 2.24) is 15.6 Å². The van der Waals surface area contributed by atoms with E-state index in [1.807, 2.05) is 86.0 Å². The second-order valence-corrected chi connectivity index (χ2v) is 8.89. The van der Waals surface area contributed by atoms with Crippen LogP contribution in [0.4, 0.5) is 5.82 Å². The molecule has 0 bridgehead atoms. The number of allylic oxidation sites excluding steroid dienone is 11. The van der Waals surface area contributed by atoms with Crippen LogP contribution in [0.3, 0.4) is 0 Å². The second-order valence-electron chi connectivity index (χ2n) is 8.89. The predicted octanol–water partition coefficient (Wildman–Crippen LogP) is 8.78. The Morgan fingerprint density at radius 2 is 1.68 bits per heavy atom. The molecule has 2 rings (SSSR count). The van der Waals surface area contributed by atoms with Gasteiger partial charge in [0.2, 0.25) is 0 Å². The quantitative estimate of drug-likeness (QED) is 0.181. The molecule has 0 unspecified atom stereocenters. The lowest BCUT2D eigenvalue weighted by Crippen LogP contribution is -2.41. The highest BCUT2D eigenvalue weighted by Crippen LogP contribution is 2.23. The van der Waals surface area contributed by atoms with Gasteiger partial charge in [-0.2, -0.15) is 0 Å². The molecule has 1 fully saturated rings. The van der Waals surface area contributed by atoms with Gasteiger partial charge in [0.25, 0.3) is 0 Å². The first-order valence-electron chi connectivity index (χ1n) is 14.8. The van der Waals surface area contributed by atoms with E-state index in [2.05, 4.69) is 64.9 Å². The number of hydrogen-bond donors (Lipinski definition) is 3. The fraction of sp³-hybridized carbons (Fsp3) is 0.429. The van der Waals surface area contributed by atoms with E-state index in [-0.39, 0.29) is 0 Å². The van der Waals surface area contributed by atoms with Gasteiger partial charge in [-0.15, -0.1) is 0 Å². The van der Waals surface area contributed by atoms with E-state index < -0.39 is 0 Å². The predicted molar refractivity (Wildman–Crippen MR) is 180 cm³/mol. The molecule has 2 heterocycles. The van der Waals surface area contributed by atoms with Crippen LogP contribution in [0.1, 0.15) is 80.2 Å². The Hall–Kier alpha value is -3.44. The summed E-state index contributed by atoms with van der Waals surface area (Å²) in [7, 11) is 2.04. The van der Waals surface area contributed by atoms with Crippen LogP contribution in [0.2, 0.25) is 0 Å². The summed E-state index contributed by atoms with van der Waals surface area (Å²) in [6.07, 6.45) is 18.6. The largest absolute Gasteiger partial charge is 0.359 e. The molecule has 1 aliphatic rings. The summed E-state index contributed by atoms with van der Waals surface area (Å²) in [5.74, 6) is 0.996. The van der Waals surface area contributed by atoms with E-state index in [4.69, 9.17) is 5.41 Å². The number of pyridine rings is 1. The Morgan fingerprint density at radius 1 is 1.05 bits per heavy atom. The molecule has 1 saturated heterocycles. The van der Waals surface area contributed by atoms with Gasteiger partial charge in [0.05, 0.1) is 0 Å². The molecule has 1 aliphatic heterocycles. The second kappa shape index (κ2) is 21.4. The number of rotatable bonds is 12. The summed E-state index contributed by atoms with van der Waals surface area (Å²) < 4.78 is 0. The monoisotopic (exact) mass is 545 g/mol. The molecular weight excluding hydrogens is 490 g/mol. The van der Waals surface area contributed by atoms with Gasteiger partial charge in [-0.3, -0.25) is 0 Å². The van der Waals surface area contributed by atoms with Crippen molar-refractivity contribution in [2.45, 2.75) is 80.7 Å². The fourth-order valence-corrected chi connectivity index (χ4v) is 4.34. The minimum atomic E-state index is 0.587. The zero-order chi connectivity index (χ0) is 30.5. The lowest BCUT2D eigenvalue weighted by molar-refractivity contribution is 0.441. The highest BCUT2D eigenvalue weighted by Gasteiger charge is 2.19. The summed E-state index contributed by atoms with van der Waals surface area (Å²) in [6.45, 7) is 26.4. The molecule has 40 heavy (non-hydrogen) atoms. The van der Waals surface area contributed by atoms with Crippen molar-refractivity contribution >= 4 is 17.7 Å². The van der Waals surface area contributed by atoms with E-state index in [1.165, 1.54) is 6.21 Å². The van der Waals surface area contributed by atoms with Crippen molar-refractivity contribution in [2.24, 2.45) is 0 Å². The third-order valence-electron chi connectivity index (χ3n) is 6.44. The molecule has 0 spiro atoms. The standard InChI is InChI=1S/C31H43N5.2C2H6/c1-8-12-25(9-2)29(20-26(10-3)27(11-4)22-32)19-23(5)35-24(6)28-13-16-34-31(21-28)36-17-14-30(33-7)15-18-36;2*1-2/h9-13,16,19-22,30,32-33,35H,2,6,8,14-15,17-18H2,1,3-5,7H3;2*1-2H3/b23-19+,25-12+,26-10+,27-11+,29-20-,32-22?;;. The number of nitrogens with zero attached hydrogens (tertiary/aromatic N) is 2.